The lowest BCUT2D eigenvalue weighted by Crippen LogP contribution is -2.09. The van der Waals surface area contributed by atoms with Crippen LogP contribution in [-0.4, -0.2) is 23.1 Å². The Labute approximate surface area is 197 Å². The molecule has 0 atom stereocenters. The van der Waals surface area contributed by atoms with Gasteiger partial charge in [0.2, 0.25) is 12.6 Å². The van der Waals surface area contributed by atoms with E-state index in [0.717, 1.165) is 0 Å². The van der Waals surface area contributed by atoms with Crippen molar-refractivity contribution >= 4 is 116 Å². The molecule has 0 saturated heterocycles. The normalized spacial score (nSPS) is 10.7. The van der Waals surface area contributed by atoms with E-state index in [1.165, 1.54) is 12.6 Å². The van der Waals surface area contributed by atoms with Crippen molar-refractivity contribution in [1.82, 2.24) is 0 Å². The second-order valence-corrected chi connectivity index (χ2v) is 7.84. The van der Waals surface area contributed by atoms with Crippen LogP contribution >= 0.6 is 92.8 Å². The Morgan fingerprint density at radius 1 is 0.536 bits per heavy atom. The van der Waals surface area contributed by atoms with Gasteiger partial charge in [0.1, 0.15) is 0 Å². The predicted octanol–water partition coefficient (Wildman–Crippen LogP) is 6.95. The monoisotopic (exact) mass is 536 g/mol. The molecule has 0 spiro atoms. The fourth-order valence-corrected chi connectivity index (χ4v) is 4.34. The highest BCUT2D eigenvalue weighted by molar-refractivity contribution is 6.74. The summed E-state index contributed by atoms with van der Waals surface area (Å²) in [7, 11) is 0. The maximum Gasteiger partial charge on any atom is 0.254 e. The molecule has 28 heavy (non-hydrogen) atoms. The minimum Gasteiger partial charge on any atom is -0.285 e. The SMILES string of the molecule is O=[C]c1c(Cl)c(Cl)c(Cl)c(-c2c(Cl)c(Cl)c(Cl)c(C(=O)Cl)c2C(=O)Cl)c1[C]=O. The summed E-state index contributed by atoms with van der Waals surface area (Å²) in [5.41, 5.74) is -3.09. The molecule has 0 N–H and O–H groups in total. The highest BCUT2D eigenvalue weighted by Gasteiger charge is 2.33. The molecule has 0 unspecified atom stereocenters. The third kappa shape index (κ3) is 3.78. The van der Waals surface area contributed by atoms with E-state index in [1.54, 1.807) is 0 Å². The Morgan fingerprint density at radius 3 is 1.39 bits per heavy atom. The van der Waals surface area contributed by atoms with Crippen molar-refractivity contribution in [3.05, 3.63) is 52.4 Å². The number of hydrogen-bond acceptors (Lipinski definition) is 4. The Morgan fingerprint density at radius 2 is 0.964 bits per heavy atom. The van der Waals surface area contributed by atoms with Gasteiger partial charge in [0, 0.05) is 16.7 Å². The zero-order valence-corrected chi connectivity index (χ0v) is 18.7. The van der Waals surface area contributed by atoms with E-state index >= 15 is 0 Å². The smallest absolute Gasteiger partial charge is 0.254 e. The fourth-order valence-electron chi connectivity index (χ4n) is 2.37. The molecule has 0 fully saturated rings. The number of halogens is 8. The third-order valence-corrected chi connectivity index (χ3v) is 6.53. The van der Waals surface area contributed by atoms with Crippen molar-refractivity contribution in [2.75, 3.05) is 0 Å². The van der Waals surface area contributed by atoms with Gasteiger partial charge < -0.3 is 0 Å². The van der Waals surface area contributed by atoms with Crippen LogP contribution in [0.3, 0.4) is 0 Å². The Bertz CT molecular complexity index is 1080. The minimum atomic E-state index is -1.24. The van der Waals surface area contributed by atoms with Crippen molar-refractivity contribution < 1.29 is 19.2 Å². The largest absolute Gasteiger partial charge is 0.285 e. The van der Waals surface area contributed by atoms with Crippen molar-refractivity contribution in [3.63, 3.8) is 0 Å². The van der Waals surface area contributed by atoms with Crippen molar-refractivity contribution in [2.45, 2.75) is 0 Å². The number of carbonyl (C=O) groups excluding carboxylic acids is 4. The summed E-state index contributed by atoms with van der Waals surface area (Å²) in [6.45, 7) is 0. The molecule has 2 rings (SSSR count). The van der Waals surface area contributed by atoms with Gasteiger partial charge in [-0.2, -0.15) is 0 Å². The van der Waals surface area contributed by atoms with Gasteiger partial charge in [-0.1, -0.05) is 69.6 Å². The number of carbonyl (C=O) groups is 2. The first kappa shape index (κ1) is 23.7. The molecule has 144 valence electrons. The van der Waals surface area contributed by atoms with E-state index in [9.17, 15) is 19.2 Å². The Balaban J connectivity index is 3.30. The molecule has 0 aliphatic heterocycles. The van der Waals surface area contributed by atoms with Crippen molar-refractivity contribution in [1.29, 1.82) is 0 Å². The molecule has 0 aromatic heterocycles. The average Bonchev–Trinajstić information content (AvgIpc) is 2.63. The summed E-state index contributed by atoms with van der Waals surface area (Å²) in [4.78, 5) is 46.9. The summed E-state index contributed by atoms with van der Waals surface area (Å²) in [5, 5.41) is -4.91. The van der Waals surface area contributed by atoms with Crippen LogP contribution in [0, 0.1) is 0 Å². The van der Waals surface area contributed by atoms with Crippen LogP contribution < -0.4 is 0 Å². The zero-order chi connectivity index (χ0) is 21.5. The predicted molar refractivity (Wildman–Crippen MR) is 112 cm³/mol. The number of hydrogen-bond donors (Lipinski definition) is 0. The van der Waals surface area contributed by atoms with Gasteiger partial charge >= 0.3 is 0 Å². The Kier molecular flexibility index (Phi) is 7.68. The zero-order valence-electron chi connectivity index (χ0n) is 12.7. The van der Waals surface area contributed by atoms with Gasteiger partial charge in [-0.25, -0.2) is 0 Å². The Hall–Kier alpha value is -0.560. The van der Waals surface area contributed by atoms with Gasteiger partial charge in [-0.3, -0.25) is 19.2 Å². The molecular formula is C16Cl8O4. The summed E-state index contributed by atoms with van der Waals surface area (Å²) in [6.07, 6.45) is 2.88. The second kappa shape index (κ2) is 9.07. The molecule has 12 heteroatoms. The molecule has 2 radical (unpaired) electrons. The van der Waals surface area contributed by atoms with Gasteiger partial charge in [-0.05, 0) is 23.2 Å². The van der Waals surface area contributed by atoms with Crippen molar-refractivity contribution in [3.8, 4) is 11.1 Å². The average molecular weight is 540 g/mol. The van der Waals surface area contributed by atoms with Crippen LogP contribution in [0.5, 0.6) is 0 Å². The van der Waals surface area contributed by atoms with Gasteiger partial charge in [0.05, 0.1) is 46.8 Å². The minimum absolute atomic E-state index is 0.371. The van der Waals surface area contributed by atoms with Crippen molar-refractivity contribution in [2.24, 2.45) is 0 Å². The van der Waals surface area contributed by atoms with E-state index in [4.69, 9.17) is 92.8 Å². The third-order valence-electron chi connectivity index (χ3n) is 3.50. The summed E-state index contributed by atoms with van der Waals surface area (Å²) in [5.74, 6) is 0. The van der Waals surface area contributed by atoms with Crippen LogP contribution in [0.25, 0.3) is 11.1 Å². The quantitative estimate of drug-likeness (QED) is 0.305. The standard InChI is InChI=1S/C16Cl8O4/c17-9-4(2-26)3(1-25)5(10(18)13(9)21)6-7(15(23)27)8(16(24)28)12(20)14(22)11(6)19. The molecule has 0 saturated carbocycles. The van der Waals surface area contributed by atoms with Gasteiger partial charge in [-0.15, -0.1) is 0 Å². The maximum absolute atomic E-state index is 12.1. The van der Waals surface area contributed by atoms with E-state index in [2.05, 4.69) is 0 Å². The lowest BCUT2D eigenvalue weighted by molar-refractivity contribution is 0.105. The number of rotatable bonds is 5. The lowest BCUT2D eigenvalue weighted by Gasteiger charge is -2.19. The van der Waals surface area contributed by atoms with Crippen LogP contribution in [0.4, 0.5) is 0 Å². The fraction of sp³-hybridized carbons (Fsp3) is 0. The maximum atomic E-state index is 12.1. The molecule has 0 aliphatic carbocycles. The van der Waals surface area contributed by atoms with E-state index in [-0.39, 0.29) is 5.02 Å². The van der Waals surface area contributed by atoms with Crippen LogP contribution in [0.2, 0.25) is 30.1 Å². The molecule has 0 bridgehead atoms. The molecule has 2 aromatic rings. The molecule has 0 heterocycles. The summed E-state index contributed by atoms with van der Waals surface area (Å²) in [6, 6.07) is 0. The molecule has 4 nitrogen and oxygen atoms in total. The molecule has 0 aliphatic rings. The van der Waals surface area contributed by atoms with Gasteiger partial charge in [0.15, 0.2) is 0 Å². The highest BCUT2D eigenvalue weighted by atomic mass is 35.5. The van der Waals surface area contributed by atoms with Crippen LogP contribution in [-0.2, 0) is 9.59 Å². The highest BCUT2D eigenvalue weighted by Crippen LogP contribution is 2.50. The first-order valence-electron chi connectivity index (χ1n) is 6.58. The van der Waals surface area contributed by atoms with Gasteiger partial charge in [0.25, 0.3) is 10.5 Å². The summed E-state index contributed by atoms with van der Waals surface area (Å²) >= 11 is 47.5. The second-order valence-electron chi connectivity index (χ2n) is 4.89. The van der Waals surface area contributed by atoms with E-state index in [1.807, 2.05) is 0 Å². The molecule has 0 amide bonds. The molecule has 2 aromatic carbocycles. The van der Waals surface area contributed by atoms with Crippen LogP contribution in [0.1, 0.15) is 31.8 Å². The van der Waals surface area contributed by atoms with E-state index in [0.29, 0.717) is 0 Å². The number of benzene rings is 2. The molecular weight excluding hydrogens is 540 g/mol. The van der Waals surface area contributed by atoms with E-state index < -0.39 is 69.0 Å². The summed E-state index contributed by atoms with van der Waals surface area (Å²) < 4.78 is 0. The lowest BCUT2D eigenvalue weighted by atomic mass is 9.91. The topological polar surface area (TPSA) is 68.3 Å². The first-order chi connectivity index (χ1) is 13.0. The first-order valence-corrected chi connectivity index (χ1v) is 9.60. The van der Waals surface area contributed by atoms with Crippen LogP contribution in [0.15, 0.2) is 0 Å².